The van der Waals surface area contributed by atoms with Crippen LogP contribution in [0, 0.1) is 11.3 Å². The first kappa shape index (κ1) is 15.7. The molecule has 0 saturated heterocycles. The minimum absolute atomic E-state index is 0.432. The quantitative estimate of drug-likeness (QED) is 0.746. The van der Waals surface area contributed by atoms with Gasteiger partial charge in [0.15, 0.2) is 11.5 Å². The van der Waals surface area contributed by atoms with Gasteiger partial charge in [-0.2, -0.15) is 10.2 Å². The van der Waals surface area contributed by atoms with Crippen molar-refractivity contribution in [3.8, 4) is 17.6 Å². The average molecular weight is 345 g/mol. The number of fused-ring (bicyclic) bond motifs is 1. The summed E-state index contributed by atoms with van der Waals surface area (Å²) in [7, 11) is 0. The van der Waals surface area contributed by atoms with Gasteiger partial charge in [0.1, 0.15) is 25.1 Å². The van der Waals surface area contributed by atoms with Gasteiger partial charge in [0, 0.05) is 18.0 Å². The molecule has 0 radical (unpaired) electrons. The summed E-state index contributed by atoms with van der Waals surface area (Å²) in [5.41, 5.74) is 2.04. The van der Waals surface area contributed by atoms with Crippen LogP contribution in [0.25, 0.3) is 0 Å². The third kappa shape index (κ3) is 3.35. The van der Waals surface area contributed by atoms with Crippen molar-refractivity contribution in [3.05, 3.63) is 60.3 Å². The van der Waals surface area contributed by atoms with Crippen LogP contribution in [-0.4, -0.2) is 23.2 Å². The zero-order chi connectivity index (χ0) is 17.8. The standard InChI is InChI=1S/C19H15N5O2/c20-12-13-3-1-2-4-15(13)23-18-7-8-21-19(24-18)22-14-5-6-16-17(11-14)26-10-9-25-16/h1-8,11H,9-10H2,(H2,21,22,23,24). The molecule has 0 aliphatic carbocycles. The fourth-order valence-electron chi connectivity index (χ4n) is 2.57. The van der Waals surface area contributed by atoms with Crippen LogP contribution in [0.3, 0.4) is 0 Å². The van der Waals surface area contributed by atoms with Gasteiger partial charge in [-0.25, -0.2) is 4.98 Å². The van der Waals surface area contributed by atoms with Crippen molar-refractivity contribution in [3.63, 3.8) is 0 Å². The Labute approximate surface area is 150 Å². The van der Waals surface area contributed by atoms with Gasteiger partial charge in [-0.1, -0.05) is 12.1 Å². The van der Waals surface area contributed by atoms with Gasteiger partial charge in [-0.15, -0.1) is 0 Å². The summed E-state index contributed by atoms with van der Waals surface area (Å²) in [5.74, 6) is 2.44. The van der Waals surface area contributed by atoms with Crippen LogP contribution in [0.5, 0.6) is 11.5 Å². The monoisotopic (exact) mass is 345 g/mol. The maximum atomic E-state index is 9.19. The van der Waals surface area contributed by atoms with Gasteiger partial charge in [-0.05, 0) is 30.3 Å². The number of hydrogen-bond donors (Lipinski definition) is 2. The molecule has 7 nitrogen and oxygen atoms in total. The Morgan fingerprint density at radius 2 is 1.81 bits per heavy atom. The summed E-state index contributed by atoms with van der Waals surface area (Å²) in [4.78, 5) is 8.67. The Morgan fingerprint density at radius 1 is 0.962 bits per heavy atom. The van der Waals surface area contributed by atoms with Crippen LogP contribution in [0.4, 0.5) is 23.1 Å². The van der Waals surface area contributed by atoms with Gasteiger partial charge in [0.05, 0.1) is 11.3 Å². The summed E-state index contributed by atoms with van der Waals surface area (Å²) in [6.45, 7) is 1.09. The van der Waals surface area contributed by atoms with E-state index in [9.17, 15) is 5.26 Å². The number of aromatic nitrogens is 2. The van der Waals surface area contributed by atoms with E-state index in [0.717, 1.165) is 11.4 Å². The highest BCUT2D eigenvalue weighted by molar-refractivity contribution is 5.66. The van der Waals surface area contributed by atoms with Crippen molar-refractivity contribution in [1.82, 2.24) is 9.97 Å². The van der Waals surface area contributed by atoms with E-state index in [-0.39, 0.29) is 0 Å². The van der Waals surface area contributed by atoms with Crippen LogP contribution in [0.2, 0.25) is 0 Å². The molecule has 0 atom stereocenters. The molecule has 0 saturated carbocycles. The van der Waals surface area contributed by atoms with E-state index >= 15 is 0 Å². The first-order chi connectivity index (χ1) is 12.8. The highest BCUT2D eigenvalue weighted by Crippen LogP contribution is 2.33. The summed E-state index contributed by atoms with van der Waals surface area (Å²) in [6.07, 6.45) is 1.64. The summed E-state index contributed by atoms with van der Waals surface area (Å²) < 4.78 is 11.1. The predicted molar refractivity (Wildman–Crippen MR) is 97.2 cm³/mol. The van der Waals surface area contributed by atoms with E-state index in [1.807, 2.05) is 36.4 Å². The maximum Gasteiger partial charge on any atom is 0.229 e. The minimum Gasteiger partial charge on any atom is -0.486 e. The van der Waals surface area contributed by atoms with Crippen molar-refractivity contribution in [2.24, 2.45) is 0 Å². The molecule has 0 fully saturated rings. The van der Waals surface area contributed by atoms with E-state index in [1.54, 1.807) is 18.3 Å². The summed E-state index contributed by atoms with van der Waals surface area (Å²) >= 11 is 0. The first-order valence-corrected chi connectivity index (χ1v) is 8.08. The van der Waals surface area contributed by atoms with E-state index in [0.29, 0.717) is 42.0 Å². The van der Waals surface area contributed by atoms with Gasteiger partial charge in [0.25, 0.3) is 0 Å². The smallest absolute Gasteiger partial charge is 0.229 e. The van der Waals surface area contributed by atoms with Crippen molar-refractivity contribution >= 4 is 23.1 Å². The number of para-hydroxylation sites is 1. The summed E-state index contributed by atoms with van der Waals surface area (Å²) in [6, 6.07) is 16.7. The molecule has 0 spiro atoms. The van der Waals surface area contributed by atoms with E-state index < -0.39 is 0 Å². The Hall–Kier alpha value is -3.79. The number of ether oxygens (including phenoxy) is 2. The molecule has 0 unspecified atom stereocenters. The molecule has 4 rings (SSSR count). The molecule has 7 heteroatoms. The van der Waals surface area contributed by atoms with Crippen molar-refractivity contribution in [2.75, 3.05) is 23.8 Å². The van der Waals surface area contributed by atoms with Crippen LogP contribution in [-0.2, 0) is 0 Å². The van der Waals surface area contributed by atoms with Crippen molar-refractivity contribution < 1.29 is 9.47 Å². The molecule has 2 heterocycles. The lowest BCUT2D eigenvalue weighted by molar-refractivity contribution is 0.171. The number of nitrogens with one attached hydrogen (secondary N) is 2. The van der Waals surface area contributed by atoms with Gasteiger partial charge >= 0.3 is 0 Å². The highest BCUT2D eigenvalue weighted by atomic mass is 16.6. The van der Waals surface area contributed by atoms with Crippen LogP contribution in [0.15, 0.2) is 54.7 Å². The Balaban J connectivity index is 1.54. The number of rotatable bonds is 4. The molecule has 1 aliphatic rings. The fraction of sp³-hybridized carbons (Fsp3) is 0.105. The second-order valence-electron chi connectivity index (χ2n) is 5.53. The first-order valence-electron chi connectivity index (χ1n) is 8.08. The largest absolute Gasteiger partial charge is 0.486 e. The molecule has 128 valence electrons. The molecule has 3 aromatic rings. The van der Waals surface area contributed by atoms with Crippen molar-refractivity contribution in [2.45, 2.75) is 0 Å². The normalized spacial score (nSPS) is 12.1. The van der Waals surface area contributed by atoms with Crippen LogP contribution < -0.4 is 20.1 Å². The SMILES string of the molecule is N#Cc1ccccc1Nc1ccnc(Nc2ccc3c(c2)OCCO3)n1. The fourth-order valence-corrected chi connectivity index (χ4v) is 2.57. The van der Waals surface area contributed by atoms with Gasteiger partial charge in [-0.3, -0.25) is 0 Å². The second kappa shape index (κ2) is 6.99. The van der Waals surface area contributed by atoms with E-state index in [2.05, 4.69) is 26.7 Å². The van der Waals surface area contributed by atoms with E-state index in [4.69, 9.17) is 9.47 Å². The molecule has 2 aromatic carbocycles. The Bertz CT molecular complexity index is 984. The van der Waals surface area contributed by atoms with Crippen molar-refractivity contribution in [1.29, 1.82) is 5.26 Å². The number of benzene rings is 2. The minimum atomic E-state index is 0.432. The Morgan fingerprint density at radius 3 is 2.69 bits per heavy atom. The van der Waals surface area contributed by atoms with Gasteiger partial charge in [0.2, 0.25) is 5.95 Å². The molecule has 2 N–H and O–H groups in total. The number of hydrogen-bond acceptors (Lipinski definition) is 7. The molecule has 26 heavy (non-hydrogen) atoms. The third-order valence-electron chi connectivity index (χ3n) is 3.76. The summed E-state index contributed by atoms with van der Waals surface area (Å²) in [5, 5.41) is 15.5. The number of nitrogens with zero attached hydrogens (tertiary/aromatic N) is 3. The number of anilines is 4. The lowest BCUT2D eigenvalue weighted by Crippen LogP contribution is -2.15. The molecular formula is C19H15N5O2. The zero-order valence-electron chi connectivity index (χ0n) is 13.8. The maximum absolute atomic E-state index is 9.19. The third-order valence-corrected chi connectivity index (χ3v) is 3.76. The average Bonchev–Trinajstić information content (AvgIpc) is 2.69. The van der Waals surface area contributed by atoms with Crippen LogP contribution in [0.1, 0.15) is 5.56 Å². The lowest BCUT2D eigenvalue weighted by atomic mass is 10.2. The lowest BCUT2D eigenvalue weighted by Gasteiger charge is -2.19. The molecule has 0 bridgehead atoms. The number of nitriles is 1. The zero-order valence-corrected chi connectivity index (χ0v) is 13.8. The highest BCUT2D eigenvalue weighted by Gasteiger charge is 2.12. The van der Waals surface area contributed by atoms with Crippen LogP contribution >= 0.6 is 0 Å². The van der Waals surface area contributed by atoms with Gasteiger partial charge < -0.3 is 20.1 Å². The topological polar surface area (TPSA) is 92.1 Å². The molecule has 1 aliphatic heterocycles. The van der Waals surface area contributed by atoms with E-state index in [1.165, 1.54) is 0 Å². The molecule has 1 aromatic heterocycles. The molecular weight excluding hydrogens is 330 g/mol. The molecule has 0 amide bonds. The Kier molecular flexibility index (Phi) is 4.23. The second-order valence-corrected chi connectivity index (χ2v) is 5.53. The predicted octanol–water partition coefficient (Wildman–Crippen LogP) is 3.61.